The third kappa shape index (κ3) is 3.49. The Morgan fingerprint density at radius 3 is 2.67 bits per heavy atom. The second-order valence-corrected chi connectivity index (χ2v) is 5.02. The average Bonchev–Trinajstić information content (AvgIpc) is 2.40. The number of hydrogen-bond donors (Lipinski definition) is 2. The zero-order chi connectivity index (χ0) is 12.8. The summed E-state index contributed by atoms with van der Waals surface area (Å²) in [5.41, 5.74) is 0.846. The van der Waals surface area contributed by atoms with Gasteiger partial charge in [-0.05, 0) is 30.9 Å². The predicted molar refractivity (Wildman–Crippen MR) is 74.6 cm³/mol. The maximum atomic E-state index is 11.9. The molecule has 0 saturated heterocycles. The third-order valence-electron chi connectivity index (χ3n) is 3.78. The van der Waals surface area contributed by atoms with Gasteiger partial charge in [0.15, 0.2) is 0 Å². The van der Waals surface area contributed by atoms with Gasteiger partial charge in [0.05, 0.1) is 0 Å². The minimum absolute atomic E-state index is 0.0773. The summed E-state index contributed by atoms with van der Waals surface area (Å²) in [5.74, 6) is 0.639. The number of anilines is 1. The van der Waals surface area contributed by atoms with Gasteiger partial charge in [-0.2, -0.15) is 0 Å². The molecule has 3 nitrogen and oxygen atoms in total. The molecule has 1 aliphatic carbocycles. The summed E-state index contributed by atoms with van der Waals surface area (Å²) in [6, 6.07) is 9.85. The van der Waals surface area contributed by atoms with E-state index in [1.165, 1.54) is 19.3 Å². The first-order valence-electron chi connectivity index (χ1n) is 6.92. The molecule has 98 valence electrons. The van der Waals surface area contributed by atoms with Gasteiger partial charge in [-0.15, -0.1) is 0 Å². The monoisotopic (exact) mass is 246 g/mol. The smallest absolute Gasteiger partial charge is 0.319 e. The van der Waals surface area contributed by atoms with E-state index < -0.39 is 0 Å². The molecule has 0 radical (unpaired) electrons. The van der Waals surface area contributed by atoms with Gasteiger partial charge >= 0.3 is 6.03 Å². The molecule has 0 aliphatic heterocycles. The first kappa shape index (κ1) is 12.9. The molecule has 18 heavy (non-hydrogen) atoms. The minimum Gasteiger partial charge on any atom is -0.335 e. The van der Waals surface area contributed by atoms with Crippen molar-refractivity contribution in [1.82, 2.24) is 5.32 Å². The molecule has 1 aromatic rings. The Morgan fingerprint density at radius 2 is 1.94 bits per heavy atom. The zero-order valence-electron chi connectivity index (χ0n) is 11.0. The minimum atomic E-state index is -0.0773. The van der Waals surface area contributed by atoms with Crippen LogP contribution in [-0.4, -0.2) is 12.1 Å². The normalized spacial score (nSPS) is 23.4. The number of hydrogen-bond acceptors (Lipinski definition) is 1. The van der Waals surface area contributed by atoms with Crippen LogP contribution in [0.5, 0.6) is 0 Å². The Kier molecular flexibility index (Phi) is 4.62. The van der Waals surface area contributed by atoms with Crippen molar-refractivity contribution in [3.8, 4) is 0 Å². The van der Waals surface area contributed by atoms with E-state index in [9.17, 15) is 4.79 Å². The number of para-hydroxylation sites is 1. The van der Waals surface area contributed by atoms with Crippen LogP contribution in [0.2, 0.25) is 0 Å². The standard InChI is InChI=1S/C15H22N2O/c1-2-12-8-6-7-11-14(12)17-15(18)16-13-9-4-3-5-10-13/h3-5,9-10,12,14H,2,6-8,11H2,1H3,(H2,16,17,18). The summed E-state index contributed by atoms with van der Waals surface area (Å²) in [6.07, 6.45) is 6.04. The summed E-state index contributed by atoms with van der Waals surface area (Å²) in [4.78, 5) is 11.9. The lowest BCUT2D eigenvalue weighted by atomic mass is 9.83. The Morgan fingerprint density at radius 1 is 1.22 bits per heavy atom. The second-order valence-electron chi connectivity index (χ2n) is 5.02. The van der Waals surface area contributed by atoms with Gasteiger partial charge in [0, 0.05) is 11.7 Å². The number of rotatable bonds is 3. The fourth-order valence-electron chi connectivity index (χ4n) is 2.74. The highest BCUT2D eigenvalue weighted by Gasteiger charge is 2.24. The maximum Gasteiger partial charge on any atom is 0.319 e. The summed E-state index contributed by atoms with van der Waals surface area (Å²) in [7, 11) is 0. The molecule has 1 saturated carbocycles. The van der Waals surface area contributed by atoms with E-state index in [0.717, 1.165) is 18.5 Å². The second kappa shape index (κ2) is 6.43. The maximum absolute atomic E-state index is 11.9. The molecule has 0 spiro atoms. The lowest BCUT2D eigenvalue weighted by Crippen LogP contribution is -2.43. The van der Waals surface area contributed by atoms with Crippen molar-refractivity contribution in [3.05, 3.63) is 30.3 Å². The molecule has 1 aliphatic rings. The Bertz CT molecular complexity index is 377. The van der Waals surface area contributed by atoms with Gasteiger partial charge < -0.3 is 10.6 Å². The number of nitrogens with one attached hydrogen (secondary N) is 2. The Balaban J connectivity index is 1.86. The van der Waals surface area contributed by atoms with E-state index in [-0.39, 0.29) is 6.03 Å². The van der Waals surface area contributed by atoms with Gasteiger partial charge in [0.25, 0.3) is 0 Å². The number of amides is 2. The molecule has 1 fully saturated rings. The molecule has 2 unspecified atom stereocenters. The van der Waals surface area contributed by atoms with Gasteiger partial charge in [-0.1, -0.05) is 44.4 Å². The molecule has 0 bridgehead atoms. The van der Waals surface area contributed by atoms with Crippen molar-refractivity contribution >= 4 is 11.7 Å². The van der Waals surface area contributed by atoms with Crippen molar-refractivity contribution in [2.24, 2.45) is 5.92 Å². The van der Waals surface area contributed by atoms with E-state index in [4.69, 9.17) is 0 Å². The molecule has 3 heteroatoms. The molecule has 2 N–H and O–H groups in total. The van der Waals surface area contributed by atoms with Crippen LogP contribution in [0, 0.1) is 5.92 Å². The highest BCUT2D eigenvalue weighted by atomic mass is 16.2. The largest absolute Gasteiger partial charge is 0.335 e. The van der Waals surface area contributed by atoms with Crippen LogP contribution in [0.25, 0.3) is 0 Å². The molecule has 2 amide bonds. The summed E-state index contributed by atoms with van der Waals surface area (Å²) in [6.45, 7) is 2.21. The molecule has 0 aromatic heterocycles. The van der Waals surface area contributed by atoms with E-state index in [2.05, 4.69) is 17.6 Å². The predicted octanol–water partition coefficient (Wildman–Crippen LogP) is 3.78. The summed E-state index contributed by atoms with van der Waals surface area (Å²) < 4.78 is 0. The molecular formula is C15H22N2O. The fourth-order valence-corrected chi connectivity index (χ4v) is 2.74. The number of carbonyl (C=O) groups is 1. The Hall–Kier alpha value is -1.51. The van der Waals surface area contributed by atoms with Crippen LogP contribution >= 0.6 is 0 Å². The Labute approximate surface area is 109 Å². The molecule has 2 rings (SSSR count). The number of benzene rings is 1. The third-order valence-corrected chi connectivity index (χ3v) is 3.78. The van der Waals surface area contributed by atoms with Crippen molar-refractivity contribution in [1.29, 1.82) is 0 Å². The first-order valence-corrected chi connectivity index (χ1v) is 6.92. The van der Waals surface area contributed by atoms with Crippen molar-refractivity contribution < 1.29 is 4.79 Å². The first-order chi connectivity index (χ1) is 8.79. The van der Waals surface area contributed by atoms with Gasteiger partial charge in [-0.3, -0.25) is 0 Å². The van der Waals surface area contributed by atoms with Crippen molar-refractivity contribution in [3.63, 3.8) is 0 Å². The molecular weight excluding hydrogens is 224 g/mol. The lowest BCUT2D eigenvalue weighted by molar-refractivity contribution is 0.226. The van der Waals surface area contributed by atoms with Crippen LogP contribution in [0.1, 0.15) is 39.0 Å². The number of urea groups is 1. The summed E-state index contributed by atoms with van der Waals surface area (Å²) in [5, 5.41) is 6.00. The van der Waals surface area contributed by atoms with Crippen molar-refractivity contribution in [2.45, 2.75) is 45.1 Å². The van der Waals surface area contributed by atoms with Crippen LogP contribution in [-0.2, 0) is 0 Å². The van der Waals surface area contributed by atoms with Gasteiger partial charge in [0.2, 0.25) is 0 Å². The van der Waals surface area contributed by atoms with Crippen LogP contribution in [0.15, 0.2) is 30.3 Å². The number of carbonyl (C=O) groups excluding carboxylic acids is 1. The van der Waals surface area contributed by atoms with Crippen molar-refractivity contribution in [2.75, 3.05) is 5.32 Å². The van der Waals surface area contributed by atoms with E-state index in [0.29, 0.717) is 12.0 Å². The van der Waals surface area contributed by atoms with E-state index in [1.807, 2.05) is 30.3 Å². The molecule has 0 heterocycles. The lowest BCUT2D eigenvalue weighted by Gasteiger charge is -2.31. The van der Waals surface area contributed by atoms with E-state index in [1.54, 1.807) is 0 Å². The quantitative estimate of drug-likeness (QED) is 0.837. The zero-order valence-corrected chi connectivity index (χ0v) is 11.0. The highest BCUT2D eigenvalue weighted by molar-refractivity contribution is 5.89. The average molecular weight is 246 g/mol. The fraction of sp³-hybridized carbons (Fsp3) is 0.533. The molecule has 2 atom stereocenters. The SMILES string of the molecule is CCC1CCCCC1NC(=O)Nc1ccccc1. The van der Waals surface area contributed by atoms with Gasteiger partial charge in [0.1, 0.15) is 0 Å². The topological polar surface area (TPSA) is 41.1 Å². The van der Waals surface area contributed by atoms with E-state index >= 15 is 0 Å². The van der Waals surface area contributed by atoms with Crippen LogP contribution in [0.3, 0.4) is 0 Å². The van der Waals surface area contributed by atoms with Crippen LogP contribution < -0.4 is 10.6 Å². The molecule has 1 aromatic carbocycles. The van der Waals surface area contributed by atoms with Crippen LogP contribution in [0.4, 0.5) is 10.5 Å². The highest BCUT2D eigenvalue weighted by Crippen LogP contribution is 2.26. The van der Waals surface area contributed by atoms with Gasteiger partial charge in [-0.25, -0.2) is 4.79 Å². The summed E-state index contributed by atoms with van der Waals surface area (Å²) >= 11 is 0.